The van der Waals surface area contributed by atoms with Crippen molar-refractivity contribution in [1.82, 2.24) is 9.88 Å². The lowest BCUT2D eigenvalue weighted by Gasteiger charge is -2.27. The molecular formula is C23H23ClN2O5. The Hall–Kier alpha value is -2.90. The summed E-state index contributed by atoms with van der Waals surface area (Å²) in [7, 11) is 1.43. The molecule has 1 N–H and O–H groups in total. The van der Waals surface area contributed by atoms with Gasteiger partial charge in [0.15, 0.2) is 0 Å². The first-order valence-corrected chi connectivity index (χ1v) is 10.4. The van der Waals surface area contributed by atoms with Crippen LogP contribution in [0.2, 0.25) is 5.02 Å². The average molecular weight is 443 g/mol. The van der Waals surface area contributed by atoms with Crippen molar-refractivity contribution < 1.29 is 24.2 Å². The Bertz CT molecular complexity index is 1050. The molecule has 1 amide bonds. The van der Waals surface area contributed by atoms with Crippen LogP contribution in [0.15, 0.2) is 42.2 Å². The number of carbonyl (C=O) groups excluding carboxylic acids is 2. The number of hydrogen-bond donors (Lipinski definition) is 1. The molecule has 1 aromatic heterocycles. The zero-order chi connectivity index (χ0) is 22.1. The highest BCUT2D eigenvalue weighted by molar-refractivity contribution is 6.46. The summed E-state index contributed by atoms with van der Waals surface area (Å²) in [5.74, 6) is -1.53. The van der Waals surface area contributed by atoms with Gasteiger partial charge < -0.3 is 19.5 Å². The van der Waals surface area contributed by atoms with E-state index in [0.29, 0.717) is 17.2 Å². The third-order valence-corrected chi connectivity index (χ3v) is 5.89. The zero-order valence-corrected chi connectivity index (χ0v) is 18.1. The number of halogens is 1. The van der Waals surface area contributed by atoms with E-state index < -0.39 is 17.7 Å². The normalized spacial score (nSPS) is 22.9. The lowest BCUT2D eigenvalue weighted by molar-refractivity contribution is -0.140. The molecule has 3 heterocycles. The van der Waals surface area contributed by atoms with E-state index in [-0.39, 0.29) is 35.3 Å². The first kappa shape index (κ1) is 21.3. The Kier molecular flexibility index (Phi) is 5.98. The number of pyridine rings is 1. The molecule has 2 aliphatic rings. The number of methoxy groups -OCH3 is 1. The number of rotatable bonds is 5. The number of ketones is 1. The van der Waals surface area contributed by atoms with Crippen LogP contribution in [0.1, 0.15) is 35.6 Å². The maximum Gasteiger partial charge on any atom is 0.295 e. The van der Waals surface area contributed by atoms with Crippen LogP contribution >= 0.6 is 11.6 Å². The number of ether oxygens (including phenoxy) is 2. The summed E-state index contributed by atoms with van der Waals surface area (Å²) in [6.45, 7) is 2.70. The van der Waals surface area contributed by atoms with Crippen LogP contribution in [-0.2, 0) is 14.3 Å². The molecule has 2 unspecified atom stereocenters. The minimum atomic E-state index is -0.790. The van der Waals surface area contributed by atoms with Crippen molar-refractivity contribution >= 4 is 29.1 Å². The highest BCUT2D eigenvalue weighted by atomic mass is 35.5. The van der Waals surface area contributed by atoms with Crippen LogP contribution in [0.5, 0.6) is 5.75 Å². The molecule has 4 rings (SSSR count). The Morgan fingerprint density at radius 1 is 1.39 bits per heavy atom. The van der Waals surface area contributed by atoms with Gasteiger partial charge in [0.25, 0.3) is 11.7 Å². The highest BCUT2D eigenvalue weighted by Gasteiger charge is 2.47. The zero-order valence-electron chi connectivity index (χ0n) is 17.3. The number of aryl methyl sites for hydroxylation is 1. The van der Waals surface area contributed by atoms with Gasteiger partial charge in [0, 0.05) is 25.5 Å². The molecule has 2 atom stereocenters. The minimum Gasteiger partial charge on any atom is -0.507 e. The van der Waals surface area contributed by atoms with E-state index in [1.54, 1.807) is 36.7 Å². The van der Waals surface area contributed by atoms with E-state index in [2.05, 4.69) is 4.98 Å². The summed E-state index contributed by atoms with van der Waals surface area (Å²) >= 11 is 6.30. The van der Waals surface area contributed by atoms with E-state index in [0.717, 1.165) is 18.4 Å². The fourth-order valence-electron chi connectivity index (χ4n) is 4.22. The van der Waals surface area contributed by atoms with Crippen molar-refractivity contribution in [2.75, 3.05) is 20.3 Å². The molecule has 8 heteroatoms. The fourth-order valence-corrected chi connectivity index (χ4v) is 4.57. The number of nitrogens with zero attached hydrogens (tertiary/aromatic N) is 2. The third-order valence-electron chi connectivity index (χ3n) is 5.61. The number of aliphatic hydroxyl groups is 1. The van der Waals surface area contributed by atoms with E-state index >= 15 is 0 Å². The summed E-state index contributed by atoms with van der Waals surface area (Å²) in [4.78, 5) is 31.7. The van der Waals surface area contributed by atoms with Gasteiger partial charge in [0.1, 0.15) is 11.5 Å². The van der Waals surface area contributed by atoms with Crippen LogP contribution in [0.25, 0.3) is 5.76 Å². The highest BCUT2D eigenvalue weighted by Crippen LogP contribution is 2.42. The number of amides is 1. The predicted octanol–water partition coefficient (Wildman–Crippen LogP) is 3.65. The van der Waals surface area contributed by atoms with Crippen molar-refractivity contribution in [2.24, 2.45) is 0 Å². The van der Waals surface area contributed by atoms with Crippen molar-refractivity contribution in [2.45, 2.75) is 31.9 Å². The van der Waals surface area contributed by atoms with Gasteiger partial charge in [-0.05, 0) is 49.1 Å². The molecule has 0 radical (unpaired) electrons. The van der Waals surface area contributed by atoms with Gasteiger partial charge in [-0.25, -0.2) is 0 Å². The molecule has 0 saturated carbocycles. The monoisotopic (exact) mass is 442 g/mol. The van der Waals surface area contributed by atoms with Crippen molar-refractivity contribution in [3.63, 3.8) is 0 Å². The van der Waals surface area contributed by atoms with Gasteiger partial charge in [-0.3, -0.25) is 14.6 Å². The second-order valence-electron chi connectivity index (χ2n) is 7.70. The number of benzene rings is 1. The molecule has 162 valence electrons. The number of likely N-dealkylation sites (tertiary alicyclic amines) is 1. The smallest absolute Gasteiger partial charge is 0.295 e. The second-order valence-corrected chi connectivity index (χ2v) is 8.11. The second kappa shape index (κ2) is 8.69. The first-order valence-electron chi connectivity index (χ1n) is 10.1. The molecule has 0 bridgehead atoms. The summed E-state index contributed by atoms with van der Waals surface area (Å²) in [5, 5.41) is 11.6. The van der Waals surface area contributed by atoms with Crippen LogP contribution in [-0.4, -0.2) is 53.0 Å². The van der Waals surface area contributed by atoms with Gasteiger partial charge >= 0.3 is 0 Å². The predicted molar refractivity (Wildman–Crippen MR) is 115 cm³/mol. The van der Waals surface area contributed by atoms with Crippen LogP contribution < -0.4 is 4.74 Å². The van der Waals surface area contributed by atoms with Gasteiger partial charge in [0.2, 0.25) is 0 Å². The van der Waals surface area contributed by atoms with Crippen molar-refractivity contribution in [3.8, 4) is 5.75 Å². The van der Waals surface area contributed by atoms with Gasteiger partial charge in [-0.2, -0.15) is 0 Å². The molecule has 2 saturated heterocycles. The van der Waals surface area contributed by atoms with Gasteiger partial charge in [-0.15, -0.1) is 0 Å². The topological polar surface area (TPSA) is 89.0 Å². The fraction of sp³-hybridized carbons (Fsp3) is 0.348. The van der Waals surface area contributed by atoms with E-state index in [9.17, 15) is 14.7 Å². The number of aliphatic hydroxyl groups excluding tert-OH is 1. The van der Waals surface area contributed by atoms with Crippen LogP contribution in [0.3, 0.4) is 0 Å². The van der Waals surface area contributed by atoms with E-state index in [1.807, 2.05) is 6.92 Å². The lowest BCUT2D eigenvalue weighted by atomic mass is 9.95. The summed E-state index contributed by atoms with van der Waals surface area (Å²) < 4.78 is 11.1. The summed E-state index contributed by atoms with van der Waals surface area (Å²) in [5.41, 5.74) is 1.64. The summed E-state index contributed by atoms with van der Waals surface area (Å²) in [6.07, 6.45) is 4.77. The van der Waals surface area contributed by atoms with Crippen LogP contribution in [0.4, 0.5) is 0 Å². The van der Waals surface area contributed by atoms with Crippen molar-refractivity contribution in [1.29, 1.82) is 0 Å². The van der Waals surface area contributed by atoms with Gasteiger partial charge in [-0.1, -0.05) is 17.7 Å². The average Bonchev–Trinajstić information content (AvgIpc) is 3.36. The number of carbonyl (C=O) groups is 2. The first-order chi connectivity index (χ1) is 14.9. The lowest BCUT2D eigenvalue weighted by Crippen LogP contribution is -2.36. The molecule has 1 aromatic carbocycles. The van der Waals surface area contributed by atoms with Crippen molar-refractivity contribution in [3.05, 3.63) is 63.9 Å². The molecule has 7 nitrogen and oxygen atoms in total. The maximum absolute atomic E-state index is 13.1. The molecule has 2 aromatic rings. The Labute approximate surface area is 185 Å². The molecule has 0 spiro atoms. The van der Waals surface area contributed by atoms with Crippen LogP contribution in [0, 0.1) is 6.92 Å². The minimum absolute atomic E-state index is 0.0176. The summed E-state index contributed by atoms with van der Waals surface area (Å²) in [6, 6.07) is 6.09. The Balaban J connectivity index is 1.88. The third kappa shape index (κ3) is 3.91. The number of aromatic nitrogens is 1. The standard InChI is InChI=1S/C23H23ClN2O5/c1-13-9-16(22(30-2)17(24)10-13)20(27)18-19(14-5-3-7-25-11-14)26(23(29)21(18)28)12-15-6-4-8-31-15/h3,5,7,9-11,15,19,27H,4,6,8,12H2,1-2H3/b20-18+. The molecule has 2 aliphatic heterocycles. The maximum atomic E-state index is 13.1. The number of Topliss-reactive ketones (excluding diaryl/α,β-unsaturated/α-hetero) is 1. The molecule has 31 heavy (non-hydrogen) atoms. The quantitative estimate of drug-likeness (QED) is 0.432. The van der Waals surface area contributed by atoms with E-state index in [1.165, 1.54) is 12.0 Å². The number of hydrogen-bond acceptors (Lipinski definition) is 6. The largest absolute Gasteiger partial charge is 0.507 e. The Morgan fingerprint density at radius 2 is 2.19 bits per heavy atom. The van der Waals surface area contributed by atoms with Gasteiger partial charge in [0.05, 0.1) is 35.4 Å². The molecule has 0 aliphatic carbocycles. The Morgan fingerprint density at radius 3 is 2.84 bits per heavy atom. The van der Waals surface area contributed by atoms with E-state index in [4.69, 9.17) is 21.1 Å². The SMILES string of the molecule is COc1c(Cl)cc(C)cc1/C(O)=C1\C(=O)C(=O)N(CC2CCCO2)C1c1cccnc1. The molecular weight excluding hydrogens is 420 g/mol. The molecule has 2 fully saturated rings.